The highest BCUT2D eigenvalue weighted by molar-refractivity contribution is 7.99. The molecular weight excluding hydrogens is 434 g/mol. The summed E-state index contributed by atoms with van der Waals surface area (Å²) >= 11 is 1.45. The van der Waals surface area contributed by atoms with Crippen molar-refractivity contribution in [1.29, 1.82) is 0 Å². The van der Waals surface area contributed by atoms with E-state index in [4.69, 9.17) is 9.97 Å². The predicted molar refractivity (Wildman–Crippen MR) is 132 cm³/mol. The van der Waals surface area contributed by atoms with Crippen molar-refractivity contribution in [1.82, 2.24) is 30.4 Å². The van der Waals surface area contributed by atoms with E-state index in [1.165, 1.54) is 11.8 Å². The number of aromatic amines is 1. The molecule has 0 bridgehead atoms. The summed E-state index contributed by atoms with van der Waals surface area (Å²) in [6.07, 6.45) is 0.917. The molecule has 0 spiro atoms. The van der Waals surface area contributed by atoms with E-state index in [1.54, 1.807) is 0 Å². The summed E-state index contributed by atoms with van der Waals surface area (Å²) in [6, 6.07) is 17.3. The molecule has 3 N–H and O–H groups in total. The Balaban J connectivity index is 1.47. The molecule has 0 saturated carbocycles. The van der Waals surface area contributed by atoms with Crippen LogP contribution >= 0.6 is 11.8 Å². The number of anilines is 2. The maximum Gasteiger partial charge on any atom is 0.251 e. The van der Waals surface area contributed by atoms with Crippen LogP contribution in [0.25, 0.3) is 10.9 Å². The normalized spacial score (nSPS) is 11.2. The van der Waals surface area contributed by atoms with Crippen molar-refractivity contribution in [2.24, 2.45) is 0 Å². The predicted octanol–water partition coefficient (Wildman–Crippen LogP) is 4.24. The number of aromatic nitrogens is 4. The molecule has 0 atom stereocenters. The summed E-state index contributed by atoms with van der Waals surface area (Å²) in [7, 11) is 4.05. The lowest BCUT2D eigenvalue weighted by Crippen LogP contribution is -2.27. The number of carbonyl (C=O) groups excluding carboxylic acids is 1. The van der Waals surface area contributed by atoms with E-state index in [1.807, 2.05) is 75.6 Å². The van der Waals surface area contributed by atoms with Crippen LogP contribution in [0.2, 0.25) is 0 Å². The zero-order valence-electron chi connectivity index (χ0n) is 18.9. The van der Waals surface area contributed by atoms with Crippen molar-refractivity contribution < 1.29 is 4.79 Å². The van der Waals surface area contributed by atoms with E-state index in [0.29, 0.717) is 23.1 Å². The fraction of sp³-hybridized carbons (Fsp3) is 0.250. The molecule has 2 aromatic heterocycles. The number of para-hydroxylation sites is 1. The van der Waals surface area contributed by atoms with Crippen LogP contribution < -0.4 is 10.6 Å². The van der Waals surface area contributed by atoms with E-state index in [2.05, 4.69) is 25.7 Å². The number of amides is 1. The van der Waals surface area contributed by atoms with Crippen molar-refractivity contribution in [2.75, 3.05) is 32.5 Å². The van der Waals surface area contributed by atoms with Gasteiger partial charge in [-0.3, -0.25) is 9.89 Å². The number of H-pyrrole nitrogens is 1. The van der Waals surface area contributed by atoms with Crippen LogP contribution in [0, 0.1) is 6.92 Å². The largest absolute Gasteiger partial charge is 0.352 e. The summed E-state index contributed by atoms with van der Waals surface area (Å²) in [5, 5.41) is 14.9. The van der Waals surface area contributed by atoms with Gasteiger partial charge in [0, 0.05) is 28.5 Å². The van der Waals surface area contributed by atoms with E-state index in [0.717, 1.165) is 40.3 Å². The van der Waals surface area contributed by atoms with Crippen LogP contribution in [-0.2, 0) is 0 Å². The fourth-order valence-corrected chi connectivity index (χ4v) is 4.05. The van der Waals surface area contributed by atoms with Gasteiger partial charge in [-0.15, -0.1) is 0 Å². The summed E-state index contributed by atoms with van der Waals surface area (Å²) in [5.74, 6) is 1.42. The Morgan fingerprint density at radius 2 is 1.88 bits per heavy atom. The molecule has 0 saturated heterocycles. The van der Waals surface area contributed by atoms with Gasteiger partial charge in [-0.1, -0.05) is 12.1 Å². The molecule has 4 rings (SSSR count). The molecule has 0 unspecified atom stereocenters. The molecule has 0 fully saturated rings. The first kappa shape index (κ1) is 22.8. The Hall–Kier alpha value is -3.43. The minimum atomic E-state index is -0.0615. The van der Waals surface area contributed by atoms with Gasteiger partial charge in [-0.05, 0) is 82.1 Å². The maximum atomic E-state index is 12.4. The van der Waals surface area contributed by atoms with Crippen LogP contribution in [0.5, 0.6) is 0 Å². The molecule has 0 aliphatic rings. The van der Waals surface area contributed by atoms with Gasteiger partial charge in [0.1, 0.15) is 11.6 Å². The fourth-order valence-electron chi connectivity index (χ4n) is 3.29. The third-order valence-corrected chi connectivity index (χ3v) is 5.81. The number of rotatable bonds is 9. The number of nitrogens with zero attached hydrogens (tertiary/aromatic N) is 4. The zero-order valence-corrected chi connectivity index (χ0v) is 19.7. The lowest BCUT2D eigenvalue weighted by molar-refractivity contribution is 0.0952. The minimum absolute atomic E-state index is 0.0615. The van der Waals surface area contributed by atoms with Crippen molar-refractivity contribution in [3.05, 3.63) is 65.9 Å². The monoisotopic (exact) mass is 461 g/mol. The van der Waals surface area contributed by atoms with E-state index in [9.17, 15) is 4.79 Å². The van der Waals surface area contributed by atoms with E-state index < -0.39 is 0 Å². The Bertz CT molecular complexity index is 1240. The molecule has 9 heteroatoms. The van der Waals surface area contributed by atoms with Gasteiger partial charge in [-0.25, -0.2) is 9.97 Å². The van der Waals surface area contributed by atoms with Gasteiger partial charge in [0.25, 0.3) is 5.91 Å². The number of fused-ring (bicyclic) bond motifs is 1. The van der Waals surface area contributed by atoms with Gasteiger partial charge < -0.3 is 15.5 Å². The maximum absolute atomic E-state index is 12.4. The molecule has 0 radical (unpaired) electrons. The van der Waals surface area contributed by atoms with E-state index in [-0.39, 0.29) is 5.91 Å². The molecular formula is C24H27N7OS. The number of hydrogen-bond acceptors (Lipinski definition) is 7. The van der Waals surface area contributed by atoms with Gasteiger partial charge >= 0.3 is 0 Å². The van der Waals surface area contributed by atoms with Crippen molar-refractivity contribution in [3.8, 4) is 0 Å². The SMILES string of the molecule is Cc1cc(Nc2nc(Sc3ccc(C(=O)NCCCN(C)C)cc3)nc3ccccc23)[nH]n1. The number of aryl methyl sites for hydroxylation is 1. The highest BCUT2D eigenvalue weighted by atomic mass is 32.2. The van der Waals surface area contributed by atoms with Gasteiger partial charge in [0.05, 0.1) is 11.2 Å². The lowest BCUT2D eigenvalue weighted by atomic mass is 10.2. The summed E-state index contributed by atoms with van der Waals surface area (Å²) in [6.45, 7) is 3.53. The van der Waals surface area contributed by atoms with Crippen molar-refractivity contribution in [2.45, 2.75) is 23.4 Å². The van der Waals surface area contributed by atoms with E-state index >= 15 is 0 Å². The topological polar surface area (TPSA) is 98.8 Å². The number of benzene rings is 2. The van der Waals surface area contributed by atoms with Crippen molar-refractivity contribution >= 4 is 40.2 Å². The number of hydrogen-bond donors (Lipinski definition) is 3. The highest BCUT2D eigenvalue weighted by Crippen LogP contribution is 2.30. The first-order valence-electron chi connectivity index (χ1n) is 10.7. The molecule has 2 heterocycles. The molecule has 170 valence electrons. The Kier molecular flexibility index (Phi) is 7.21. The second-order valence-corrected chi connectivity index (χ2v) is 9.00. The molecule has 33 heavy (non-hydrogen) atoms. The number of nitrogens with one attached hydrogen (secondary N) is 3. The first-order chi connectivity index (χ1) is 16.0. The summed E-state index contributed by atoms with van der Waals surface area (Å²) < 4.78 is 0. The standard InChI is InChI=1S/C24H27N7OS/c1-16-15-21(30-29-16)27-22-19-7-4-5-8-20(19)26-24(28-22)33-18-11-9-17(10-12-18)23(32)25-13-6-14-31(2)3/h4-5,7-12,15H,6,13-14H2,1-3H3,(H,25,32)(H2,26,27,28,29,30). The lowest BCUT2D eigenvalue weighted by Gasteiger charge is -2.10. The van der Waals surface area contributed by atoms with Gasteiger partial charge in [-0.2, -0.15) is 5.10 Å². The Morgan fingerprint density at radius 3 is 2.61 bits per heavy atom. The Labute approximate surface area is 197 Å². The summed E-state index contributed by atoms with van der Waals surface area (Å²) in [4.78, 5) is 24.8. The highest BCUT2D eigenvalue weighted by Gasteiger charge is 2.11. The molecule has 0 aliphatic heterocycles. The van der Waals surface area contributed by atoms with Crippen LogP contribution in [0.4, 0.5) is 11.6 Å². The van der Waals surface area contributed by atoms with Crippen LogP contribution in [0.15, 0.2) is 64.6 Å². The third kappa shape index (κ3) is 6.09. The van der Waals surface area contributed by atoms with Crippen molar-refractivity contribution in [3.63, 3.8) is 0 Å². The first-order valence-corrected chi connectivity index (χ1v) is 11.6. The average Bonchev–Trinajstić information content (AvgIpc) is 3.21. The molecule has 8 nitrogen and oxygen atoms in total. The molecule has 2 aromatic carbocycles. The minimum Gasteiger partial charge on any atom is -0.352 e. The molecule has 0 aliphatic carbocycles. The second kappa shape index (κ2) is 10.5. The smallest absolute Gasteiger partial charge is 0.251 e. The average molecular weight is 462 g/mol. The zero-order chi connectivity index (χ0) is 23.2. The summed E-state index contributed by atoms with van der Waals surface area (Å²) in [5.41, 5.74) is 2.38. The van der Waals surface area contributed by atoms with Crippen LogP contribution in [0.3, 0.4) is 0 Å². The molecule has 1 amide bonds. The Morgan fingerprint density at radius 1 is 1.09 bits per heavy atom. The van der Waals surface area contributed by atoms with Crippen LogP contribution in [0.1, 0.15) is 22.5 Å². The van der Waals surface area contributed by atoms with Gasteiger partial charge in [0.2, 0.25) is 0 Å². The second-order valence-electron chi connectivity index (χ2n) is 7.96. The van der Waals surface area contributed by atoms with Crippen LogP contribution in [-0.4, -0.2) is 58.2 Å². The molecule has 4 aromatic rings. The third-order valence-electron chi connectivity index (χ3n) is 4.94. The quantitative estimate of drug-likeness (QED) is 0.253. The number of carbonyl (C=O) groups is 1. The van der Waals surface area contributed by atoms with Gasteiger partial charge in [0.15, 0.2) is 5.16 Å².